The number of carbonyl (C=O) groups excluding carboxylic acids is 2. The van der Waals surface area contributed by atoms with Crippen LogP contribution in [0.25, 0.3) is 5.53 Å². The summed E-state index contributed by atoms with van der Waals surface area (Å²) in [6.45, 7) is 0. The number of ketones is 1. The van der Waals surface area contributed by atoms with Gasteiger partial charge in [-0.05, 0) is 24.1 Å². The number of phenols is 1. The Labute approximate surface area is 137 Å². The first-order valence-corrected chi connectivity index (χ1v) is 6.94. The van der Waals surface area contributed by atoms with E-state index >= 15 is 0 Å². The van der Waals surface area contributed by atoms with Gasteiger partial charge in [0.1, 0.15) is 11.8 Å². The van der Waals surface area contributed by atoms with Gasteiger partial charge in [-0.25, -0.2) is 4.79 Å². The monoisotopic (exact) mass is 335 g/mol. The van der Waals surface area contributed by atoms with Crippen molar-refractivity contribution in [2.75, 3.05) is 7.11 Å². The summed E-state index contributed by atoms with van der Waals surface area (Å²) >= 11 is 0. The molecule has 0 unspecified atom stereocenters. The molecule has 1 amide bonds. The number of nitrogens with one attached hydrogen (secondary N) is 1. The van der Waals surface area contributed by atoms with E-state index in [1.165, 1.54) is 31.4 Å². The van der Waals surface area contributed by atoms with Gasteiger partial charge in [-0.3, -0.25) is 9.59 Å². The predicted molar refractivity (Wildman–Crippen MR) is 81.3 cm³/mol. The molecule has 24 heavy (non-hydrogen) atoms. The molecule has 0 aliphatic heterocycles. The molecule has 0 aliphatic carbocycles. The summed E-state index contributed by atoms with van der Waals surface area (Å²) in [6, 6.07) is 4.38. The van der Waals surface area contributed by atoms with Gasteiger partial charge in [0.2, 0.25) is 5.78 Å². The molecular formula is C15H17N3O6. The van der Waals surface area contributed by atoms with Gasteiger partial charge in [0.15, 0.2) is 6.10 Å². The van der Waals surface area contributed by atoms with Crippen LogP contribution in [0, 0.1) is 0 Å². The molecule has 0 heterocycles. The number of hydrogen-bond donors (Lipinski definition) is 3. The molecule has 1 aromatic carbocycles. The van der Waals surface area contributed by atoms with Crippen molar-refractivity contribution in [1.29, 1.82) is 0 Å². The standard InChI is InChI=1S/C15H17N3O6/c1-24-13(9-2-4-10(19)5-3-9)14(21)18-12(15(22)23)7-6-11(20)8-17-16/h2-5,8,12-13,19H,6-7H2,1H3,(H,18,21)(H,22,23)/t12-,13-/m0/s1. The number of Topliss-reactive ketones (excluding diaryl/α,β-unsaturated/α-hetero) is 1. The Hall–Kier alpha value is -3.03. The minimum absolute atomic E-state index is 0.0153. The smallest absolute Gasteiger partial charge is 0.326 e. The van der Waals surface area contributed by atoms with Crippen molar-refractivity contribution in [2.24, 2.45) is 0 Å². The third-order valence-corrected chi connectivity index (χ3v) is 3.17. The number of aromatic hydroxyl groups is 1. The summed E-state index contributed by atoms with van der Waals surface area (Å²) < 4.78 is 5.08. The maximum absolute atomic E-state index is 12.2. The molecule has 0 aliphatic rings. The third-order valence-electron chi connectivity index (χ3n) is 3.17. The molecule has 3 N–H and O–H groups in total. The second-order valence-electron chi connectivity index (χ2n) is 4.86. The fraction of sp³-hybridized carbons (Fsp3) is 0.333. The van der Waals surface area contributed by atoms with Crippen molar-refractivity contribution in [3.05, 3.63) is 35.4 Å². The van der Waals surface area contributed by atoms with Gasteiger partial charge in [0.05, 0.1) is 0 Å². The molecule has 128 valence electrons. The highest BCUT2D eigenvalue weighted by Crippen LogP contribution is 2.20. The number of ether oxygens (including phenoxy) is 1. The largest absolute Gasteiger partial charge is 0.508 e. The molecule has 9 nitrogen and oxygen atoms in total. The van der Waals surface area contributed by atoms with E-state index in [4.69, 9.17) is 15.4 Å². The maximum Gasteiger partial charge on any atom is 0.326 e. The van der Waals surface area contributed by atoms with E-state index in [0.717, 1.165) is 0 Å². The topological polar surface area (TPSA) is 149 Å². The van der Waals surface area contributed by atoms with E-state index < -0.39 is 29.8 Å². The number of carboxylic acid groups (broad SMARTS) is 1. The molecule has 0 bridgehead atoms. The van der Waals surface area contributed by atoms with Crippen LogP contribution in [0.1, 0.15) is 24.5 Å². The molecule has 0 fully saturated rings. The minimum atomic E-state index is -1.31. The maximum atomic E-state index is 12.2. The highest BCUT2D eigenvalue weighted by atomic mass is 16.5. The quantitative estimate of drug-likeness (QED) is 0.335. The molecule has 0 spiro atoms. The van der Waals surface area contributed by atoms with Crippen LogP contribution in [0.15, 0.2) is 24.3 Å². The molecule has 0 aromatic heterocycles. The van der Waals surface area contributed by atoms with Crippen LogP contribution >= 0.6 is 0 Å². The normalized spacial score (nSPS) is 12.5. The number of phenolic OH excluding ortho intramolecular Hbond substituents is 1. The van der Waals surface area contributed by atoms with E-state index in [1.54, 1.807) is 0 Å². The molecule has 0 saturated carbocycles. The molecule has 9 heteroatoms. The lowest BCUT2D eigenvalue weighted by molar-refractivity contribution is -0.144. The van der Waals surface area contributed by atoms with E-state index in [9.17, 15) is 19.5 Å². The molecule has 1 aromatic rings. The number of benzene rings is 1. The lowest BCUT2D eigenvalue weighted by atomic mass is 10.1. The lowest BCUT2D eigenvalue weighted by Gasteiger charge is -2.19. The fourth-order valence-electron chi connectivity index (χ4n) is 1.96. The van der Waals surface area contributed by atoms with Gasteiger partial charge < -0.3 is 25.8 Å². The Kier molecular flexibility index (Phi) is 7.28. The van der Waals surface area contributed by atoms with Crippen molar-refractivity contribution in [3.63, 3.8) is 0 Å². The van der Waals surface area contributed by atoms with Gasteiger partial charge in [0.25, 0.3) is 5.91 Å². The lowest BCUT2D eigenvalue weighted by Crippen LogP contribution is -2.43. The number of carboxylic acids is 1. The van der Waals surface area contributed by atoms with Crippen LogP contribution in [0.3, 0.4) is 0 Å². The SMILES string of the molecule is CO[C@H](C(=O)N[C@@H](CCC(=O)C=[N+]=[N-])C(=O)O)c1ccc(O)cc1. The van der Waals surface area contributed by atoms with Crippen molar-refractivity contribution >= 4 is 23.9 Å². The van der Waals surface area contributed by atoms with E-state index in [0.29, 0.717) is 11.8 Å². The zero-order valence-electron chi connectivity index (χ0n) is 12.9. The van der Waals surface area contributed by atoms with E-state index in [1.807, 2.05) is 0 Å². The van der Waals surface area contributed by atoms with Crippen molar-refractivity contribution < 1.29 is 34.1 Å². The van der Waals surface area contributed by atoms with Crippen LogP contribution in [-0.2, 0) is 19.1 Å². The second kappa shape index (κ2) is 9.19. The Bertz CT molecular complexity index is 652. The highest BCUT2D eigenvalue weighted by Gasteiger charge is 2.27. The van der Waals surface area contributed by atoms with E-state index in [2.05, 4.69) is 10.1 Å². The summed E-state index contributed by atoms with van der Waals surface area (Å²) in [7, 11) is 1.29. The number of carbonyl (C=O) groups is 3. The summed E-state index contributed by atoms with van der Waals surface area (Å²) in [5.41, 5.74) is 8.67. The number of amides is 1. The summed E-state index contributed by atoms with van der Waals surface area (Å²) in [5.74, 6) is -2.56. The zero-order valence-corrected chi connectivity index (χ0v) is 12.9. The second-order valence-corrected chi connectivity index (χ2v) is 4.86. The summed E-state index contributed by atoms with van der Waals surface area (Å²) in [6.07, 6.45) is -0.784. The van der Waals surface area contributed by atoms with Gasteiger partial charge in [-0.15, -0.1) is 0 Å². The fourth-order valence-corrected chi connectivity index (χ4v) is 1.96. The van der Waals surface area contributed by atoms with Gasteiger partial charge in [-0.1, -0.05) is 12.1 Å². The number of nitrogens with zero attached hydrogens (tertiary/aromatic N) is 2. The minimum Gasteiger partial charge on any atom is -0.508 e. The van der Waals surface area contributed by atoms with Gasteiger partial charge >= 0.3 is 12.2 Å². The van der Waals surface area contributed by atoms with Crippen LogP contribution in [0.2, 0.25) is 0 Å². The van der Waals surface area contributed by atoms with Crippen LogP contribution in [-0.4, -0.2) is 52.0 Å². The van der Waals surface area contributed by atoms with Crippen LogP contribution in [0.4, 0.5) is 0 Å². The molecule has 0 radical (unpaired) electrons. The molecule has 1 rings (SSSR count). The number of aliphatic carboxylic acids is 1. The van der Waals surface area contributed by atoms with Crippen molar-refractivity contribution in [1.82, 2.24) is 5.32 Å². The molecule has 0 saturated heterocycles. The summed E-state index contributed by atoms with van der Waals surface area (Å²) in [5, 5.41) is 20.7. The average Bonchev–Trinajstić information content (AvgIpc) is 2.53. The van der Waals surface area contributed by atoms with Crippen LogP contribution in [0.5, 0.6) is 5.75 Å². The molecular weight excluding hydrogens is 318 g/mol. The number of methoxy groups -OCH3 is 1. The number of hydrogen-bond acceptors (Lipinski definition) is 5. The Morgan fingerprint density at radius 3 is 2.46 bits per heavy atom. The van der Waals surface area contributed by atoms with E-state index in [-0.39, 0.29) is 18.6 Å². The number of rotatable bonds is 9. The van der Waals surface area contributed by atoms with Crippen LogP contribution < -0.4 is 5.32 Å². The zero-order chi connectivity index (χ0) is 18.1. The van der Waals surface area contributed by atoms with Gasteiger partial charge in [-0.2, -0.15) is 4.79 Å². The van der Waals surface area contributed by atoms with Crippen molar-refractivity contribution in [2.45, 2.75) is 25.0 Å². The third kappa shape index (κ3) is 5.64. The van der Waals surface area contributed by atoms with Crippen molar-refractivity contribution in [3.8, 4) is 5.75 Å². The first kappa shape index (κ1) is 19.0. The van der Waals surface area contributed by atoms with Gasteiger partial charge in [0, 0.05) is 13.5 Å². The Morgan fingerprint density at radius 1 is 1.33 bits per heavy atom. The Balaban J connectivity index is 2.78. The average molecular weight is 335 g/mol. The predicted octanol–water partition coefficient (Wildman–Crippen LogP) is 0.299. The first-order chi connectivity index (χ1) is 11.4. The molecule has 2 atom stereocenters. The first-order valence-electron chi connectivity index (χ1n) is 6.94. The Morgan fingerprint density at radius 2 is 1.96 bits per heavy atom. The highest BCUT2D eigenvalue weighted by molar-refractivity contribution is 6.25. The summed E-state index contributed by atoms with van der Waals surface area (Å²) in [4.78, 5) is 37.2.